The van der Waals surface area contributed by atoms with Crippen LogP contribution < -0.4 is 5.32 Å². The van der Waals surface area contributed by atoms with E-state index in [0.717, 1.165) is 19.4 Å². The van der Waals surface area contributed by atoms with Crippen LogP contribution in [-0.4, -0.2) is 33.2 Å². The van der Waals surface area contributed by atoms with E-state index < -0.39 is 0 Å². The van der Waals surface area contributed by atoms with Gasteiger partial charge in [0.05, 0.1) is 0 Å². The molecule has 0 atom stereocenters. The summed E-state index contributed by atoms with van der Waals surface area (Å²) in [5.74, 6) is 0.506. The van der Waals surface area contributed by atoms with Crippen molar-refractivity contribution >= 4 is 17.7 Å². The standard InChI is InChI=1S/C7H13N5S/c1-3-4-5-8-6-9-11-7(13-2)12-10-6/h3-5H2,1-2H3,(H,8,9,10). The fourth-order valence-electron chi connectivity index (χ4n) is 0.750. The molecule has 5 nitrogen and oxygen atoms in total. The molecular formula is C7H13N5S. The van der Waals surface area contributed by atoms with E-state index in [1.807, 2.05) is 6.26 Å². The number of thioether (sulfide) groups is 1. The summed E-state index contributed by atoms with van der Waals surface area (Å²) in [5, 5.41) is 19.1. The number of unbranched alkanes of at least 4 members (excludes halogenated alkanes) is 1. The van der Waals surface area contributed by atoms with Crippen molar-refractivity contribution in [1.29, 1.82) is 0 Å². The Balaban J connectivity index is 2.40. The van der Waals surface area contributed by atoms with Crippen LogP contribution in [-0.2, 0) is 0 Å². The van der Waals surface area contributed by atoms with Crippen molar-refractivity contribution in [2.75, 3.05) is 18.1 Å². The summed E-state index contributed by atoms with van der Waals surface area (Å²) in [6, 6.07) is 0. The molecule has 0 saturated carbocycles. The fourth-order valence-corrected chi connectivity index (χ4v) is 0.995. The summed E-state index contributed by atoms with van der Waals surface area (Å²) in [4.78, 5) is 0. The van der Waals surface area contributed by atoms with Crippen molar-refractivity contribution in [2.45, 2.75) is 24.9 Å². The summed E-state index contributed by atoms with van der Waals surface area (Å²) in [6.45, 7) is 3.01. The number of hydrogen-bond acceptors (Lipinski definition) is 6. The molecule has 1 aromatic rings. The lowest BCUT2D eigenvalue weighted by Crippen LogP contribution is -2.07. The maximum Gasteiger partial charge on any atom is 0.262 e. The van der Waals surface area contributed by atoms with Crippen molar-refractivity contribution < 1.29 is 0 Å². The van der Waals surface area contributed by atoms with Gasteiger partial charge in [0, 0.05) is 6.54 Å². The third-order valence-electron chi connectivity index (χ3n) is 1.46. The van der Waals surface area contributed by atoms with E-state index in [4.69, 9.17) is 0 Å². The topological polar surface area (TPSA) is 63.6 Å². The maximum absolute atomic E-state index is 3.87. The number of nitrogens with one attached hydrogen (secondary N) is 1. The fraction of sp³-hybridized carbons (Fsp3) is 0.714. The largest absolute Gasteiger partial charge is 0.352 e. The lowest BCUT2D eigenvalue weighted by Gasteiger charge is -2.00. The van der Waals surface area contributed by atoms with Crippen LogP contribution in [0, 0.1) is 0 Å². The summed E-state index contributed by atoms with van der Waals surface area (Å²) in [6.07, 6.45) is 4.15. The molecule has 13 heavy (non-hydrogen) atoms. The zero-order chi connectivity index (χ0) is 9.52. The first kappa shape index (κ1) is 10.2. The molecule has 1 heterocycles. The Morgan fingerprint density at radius 1 is 1.23 bits per heavy atom. The number of anilines is 1. The first-order chi connectivity index (χ1) is 6.36. The summed E-state index contributed by atoms with van der Waals surface area (Å²) < 4.78 is 0. The monoisotopic (exact) mass is 199 g/mol. The van der Waals surface area contributed by atoms with Gasteiger partial charge in [0.1, 0.15) is 0 Å². The highest BCUT2D eigenvalue weighted by molar-refractivity contribution is 7.98. The Morgan fingerprint density at radius 2 is 1.92 bits per heavy atom. The highest BCUT2D eigenvalue weighted by Gasteiger charge is 1.97. The van der Waals surface area contributed by atoms with E-state index in [1.165, 1.54) is 11.8 Å². The highest BCUT2D eigenvalue weighted by Crippen LogP contribution is 2.04. The molecule has 0 aliphatic heterocycles. The average molecular weight is 199 g/mol. The van der Waals surface area contributed by atoms with Gasteiger partial charge in [0.15, 0.2) is 0 Å². The van der Waals surface area contributed by atoms with E-state index in [0.29, 0.717) is 11.1 Å². The van der Waals surface area contributed by atoms with Crippen molar-refractivity contribution in [3.05, 3.63) is 0 Å². The highest BCUT2D eigenvalue weighted by atomic mass is 32.2. The van der Waals surface area contributed by atoms with Crippen LogP contribution in [0.1, 0.15) is 19.8 Å². The average Bonchev–Trinajstić information content (AvgIpc) is 2.19. The molecular weight excluding hydrogens is 186 g/mol. The third kappa shape index (κ3) is 3.54. The SMILES string of the molecule is CCCCNc1nnc(SC)nn1. The summed E-state index contributed by atoms with van der Waals surface area (Å²) in [7, 11) is 0. The van der Waals surface area contributed by atoms with Crippen LogP contribution in [0.3, 0.4) is 0 Å². The van der Waals surface area contributed by atoms with Gasteiger partial charge in [-0.15, -0.1) is 20.4 Å². The molecule has 0 amide bonds. The molecule has 0 unspecified atom stereocenters. The minimum Gasteiger partial charge on any atom is -0.352 e. The molecule has 6 heteroatoms. The van der Waals surface area contributed by atoms with Crippen molar-refractivity contribution in [2.24, 2.45) is 0 Å². The Bertz CT molecular complexity index is 237. The Labute approximate surface area is 81.7 Å². The number of nitrogens with zero attached hydrogens (tertiary/aromatic N) is 4. The molecule has 1 N–H and O–H groups in total. The van der Waals surface area contributed by atoms with Crippen molar-refractivity contribution in [3.8, 4) is 0 Å². The van der Waals surface area contributed by atoms with Gasteiger partial charge in [-0.25, -0.2) is 0 Å². The van der Waals surface area contributed by atoms with Crippen LogP contribution in [0.25, 0.3) is 0 Å². The first-order valence-corrected chi connectivity index (χ1v) is 5.44. The minimum atomic E-state index is 0.506. The van der Waals surface area contributed by atoms with Crippen LogP contribution in [0.4, 0.5) is 5.95 Å². The summed E-state index contributed by atoms with van der Waals surface area (Å²) >= 11 is 1.43. The number of rotatable bonds is 5. The molecule has 0 aliphatic rings. The van der Waals surface area contributed by atoms with Gasteiger partial charge in [0.25, 0.3) is 5.95 Å². The predicted molar refractivity (Wildman–Crippen MR) is 52.8 cm³/mol. The lowest BCUT2D eigenvalue weighted by molar-refractivity contribution is 0.738. The van der Waals surface area contributed by atoms with E-state index in [9.17, 15) is 0 Å². The number of hydrogen-bond donors (Lipinski definition) is 1. The number of aromatic nitrogens is 4. The Hall–Kier alpha value is -0.910. The Morgan fingerprint density at radius 3 is 2.46 bits per heavy atom. The lowest BCUT2D eigenvalue weighted by atomic mass is 10.3. The smallest absolute Gasteiger partial charge is 0.262 e. The molecule has 0 radical (unpaired) electrons. The van der Waals surface area contributed by atoms with Crippen LogP contribution >= 0.6 is 11.8 Å². The van der Waals surface area contributed by atoms with E-state index in [1.54, 1.807) is 0 Å². The Kier molecular flexibility index (Phi) is 4.45. The quantitative estimate of drug-likeness (QED) is 0.568. The van der Waals surface area contributed by atoms with E-state index >= 15 is 0 Å². The second-order valence-electron chi connectivity index (χ2n) is 2.49. The van der Waals surface area contributed by atoms with Gasteiger partial charge >= 0.3 is 0 Å². The first-order valence-electron chi connectivity index (χ1n) is 4.22. The van der Waals surface area contributed by atoms with Crippen LogP contribution in [0.5, 0.6) is 0 Å². The zero-order valence-corrected chi connectivity index (χ0v) is 8.63. The normalized spacial score (nSPS) is 10.0. The molecule has 0 aromatic carbocycles. The molecule has 0 saturated heterocycles. The second kappa shape index (κ2) is 5.69. The van der Waals surface area contributed by atoms with Crippen molar-refractivity contribution in [1.82, 2.24) is 20.4 Å². The maximum atomic E-state index is 3.87. The van der Waals surface area contributed by atoms with Gasteiger partial charge < -0.3 is 5.32 Å². The molecule has 0 bridgehead atoms. The van der Waals surface area contributed by atoms with Crippen molar-refractivity contribution in [3.63, 3.8) is 0 Å². The van der Waals surface area contributed by atoms with Gasteiger partial charge in [-0.3, -0.25) is 0 Å². The summed E-state index contributed by atoms with van der Waals surface area (Å²) in [5.41, 5.74) is 0. The van der Waals surface area contributed by atoms with E-state index in [-0.39, 0.29) is 0 Å². The van der Waals surface area contributed by atoms with Gasteiger partial charge in [-0.1, -0.05) is 25.1 Å². The molecule has 72 valence electrons. The molecule has 0 aliphatic carbocycles. The van der Waals surface area contributed by atoms with Gasteiger partial charge in [-0.05, 0) is 12.7 Å². The molecule has 0 fully saturated rings. The van der Waals surface area contributed by atoms with Gasteiger partial charge in [-0.2, -0.15) is 0 Å². The van der Waals surface area contributed by atoms with E-state index in [2.05, 4.69) is 32.6 Å². The second-order valence-corrected chi connectivity index (χ2v) is 3.26. The molecule has 1 aromatic heterocycles. The molecule has 0 spiro atoms. The van der Waals surface area contributed by atoms with Crippen LogP contribution in [0.15, 0.2) is 5.16 Å². The van der Waals surface area contributed by atoms with Crippen LogP contribution in [0.2, 0.25) is 0 Å². The predicted octanol–water partition coefficient (Wildman–Crippen LogP) is 1.20. The minimum absolute atomic E-state index is 0.506. The third-order valence-corrected chi connectivity index (χ3v) is 1.99. The molecule has 1 rings (SSSR count). The van der Waals surface area contributed by atoms with Gasteiger partial charge in [0.2, 0.25) is 5.16 Å². The zero-order valence-electron chi connectivity index (χ0n) is 7.82.